The molecule has 0 bridgehead atoms. The quantitative estimate of drug-likeness (QED) is 0.638. The molecule has 0 radical (unpaired) electrons. The van der Waals surface area contributed by atoms with Gasteiger partial charge in [-0.1, -0.05) is 24.3 Å². The largest absolute Gasteiger partial charge is 0.453 e. The highest BCUT2D eigenvalue weighted by atomic mass is 32.1. The number of rotatable bonds is 5. The third-order valence-electron chi connectivity index (χ3n) is 4.54. The maximum Gasteiger partial charge on any atom is 0.348 e. The number of thiophene rings is 1. The molecule has 1 aromatic carbocycles. The van der Waals surface area contributed by atoms with Crippen molar-refractivity contribution >= 4 is 33.3 Å². The zero-order valence-corrected chi connectivity index (χ0v) is 14.6. The van der Waals surface area contributed by atoms with Gasteiger partial charge in [-0.05, 0) is 23.6 Å². The normalized spacial score (nSPS) is 15.8. The lowest BCUT2D eigenvalue weighted by atomic mass is 9.75. The van der Waals surface area contributed by atoms with Crippen LogP contribution in [-0.4, -0.2) is 28.1 Å². The molecular formula is C18H14F2N2O3S. The number of ketones is 1. The van der Waals surface area contributed by atoms with Crippen molar-refractivity contribution in [3.8, 4) is 0 Å². The summed E-state index contributed by atoms with van der Waals surface area (Å²) in [6.07, 6.45) is -2.07. The van der Waals surface area contributed by atoms with Crippen LogP contribution in [0.15, 0.2) is 30.3 Å². The van der Waals surface area contributed by atoms with E-state index in [2.05, 4.69) is 5.10 Å². The van der Waals surface area contributed by atoms with E-state index in [1.54, 1.807) is 0 Å². The van der Waals surface area contributed by atoms with Crippen molar-refractivity contribution in [2.45, 2.75) is 18.8 Å². The number of hydrogen-bond acceptors (Lipinski definition) is 5. The first-order chi connectivity index (χ1) is 12.5. The Labute approximate surface area is 151 Å². The Hall–Kier alpha value is -2.61. The highest BCUT2D eigenvalue weighted by molar-refractivity contribution is 7.20. The maximum absolute atomic E-state index is 13.0. The van der Waals surface area contributed by atoms with Crippen LogP contribution in [0, 0.1) is 0 Å². The summed E-state index contributed by atoms with van der Waals surface area (Å²) in [6, 6.07) is 9.00. The third-order valence-corrected chi connectivity index (χ3v) is 5.72. The molecule has 0 fully saturated rings. The molecule has 134 valence electrons. The Morgan fingerprint density at radius 2 is 2.15 bits per heavy atom. The van der Waals surface area contributed by atoms with E-state index in [0.29, 0.717) is 11.3 Å². The van der Waals surface area contributed by atoms with Crippen molar-refractivity contribution in [1.82, 2.24) is 9.78 Å². The summed E-state index contributed by atoms with van der Waals surface area (Å²) in [5.74, 6) is -1.09. The Kier molecular flexibility index (Phi) is 4.07. The number of alkyl halides is 2. The second-order valence-corrected chi connectivity index (χ2v) is 7.17. The minimum Gasteiger partial charge on any atom is -0.453 e. The topological polar surface area (TPSA) is 61.2 Å². The number of nitrogens with zero attached hydrogens (tertiary/aromatic N) is 2. The van der Waals surface area contributed by atoms with Crippen LogP contribution in [0.4, 0.5) is 8.78 Å². The molecule has 3 aromatic rings. The summed E-state index contributed by atoms with van der Waals surface area (Å²) in [7, 11) is 1.54. The molecule has 0 saturated heterocycles. The molecule has 1 aliphatic rings. The third kappa shape index (κ3) is 2.70. The van der Waals surface area contributed by atoms with Gasteiger partial charge in [-0.2, -0.15) is 5.10 Å². The summed E-state index contributed by atoms with van der Waals surface area (Å²) in [4.78, 5) is 25.1. The zero-order chi connectivity index (χ0) is 18.4. The molecule has 1 aliphatic carbocycles. The molecule has 5 nitrogen and oxygen atoms in total. The Balaban J connectivity index is 1.45. The van der Waals surface area contributed by atoms with Gasteiger partial charge in [0.05, 0.1) is 5.92 Å². The van der Waals surface area contributed by atoms with Crippen molar-refractivity contribution in [3.05, 3.63) is 52.0 Å². The van der Waals surface area contributed by atoms with E-state index in [4.69, 9.17) is 4.74 Å². The SMILES string of the molecule is Cn1nc(C(F)F)c2cc(C(=O)OCC(=O)C3Cc4ccccc43)sc21. The number of carbonyl (C=O) groups excluding carboxylic acids is 2. The number of aromatic nitrogens is 2. The maximum atomic E-state index is 13.0. The second-order valence-electron chi connectivity index (χ2n) is 6.14. The molecule has 26 heavy (non-hydrogen) atoms. The predicted molar refractivity (Wildman–Crippen MR) is 91.7 cm³/mol. The fourth-order valence-electron chi connectivity index (χ4n) is 3.18. The van der Waals surface area contributed by atoms with Gasteiger partial charge in [-0.15, -0.1) is 11.3 Å². The Bertz CT molecular complexity index is 1020. The lowest BCUT2D eigenvalue weighted by Crippen LogP contribution is -2.28. The average molecular weight is 376 g/mol. The van der Waals surface area contributed by atoms with Gasteiger partial charge in [0, 0.05) is 12.4 Å². The fourth-order valence-corrected chi connectivity index (χ4v) is 4.16. The molecule has 2 aromatic heterocycles. The van der Waals surface area contributed by atoms with Crippen molar-refractivity contribution in [3.63, 3.8) is 0 Å². The molecule has 4 rings (SSSR count). The predicted octanol–water partition coefficient (Wildman–Crippen LogP) is 3.64. The van der Waals surface area contributed by atoms with Crippen LogP contribution in [0.1, 0.15) is 38.8 Å². The van der Waals surface area contributed by atoms with Gasteiger partial charge in [0.15, 0.2) is 12.4 Å². The van der Waals surface area contributed by atoms with Gasteiger partial charge < -0.3 is 4.74 Å². The van der Waals surface area contributed by atoms with Crippen LogP contribution in [-0.2, 0) is 23.0 Å². The standard InChI is InChI=1S/C18H14F2N2O3S/c1-22-17-12(15(21-22)16(19)20)7-14(26-17)18(24)25-8-13(23)11-6-9-4-2-3-5-10(9)11/h2-5,7,11,16H,6,8H2,1H3. The number of ether oxygens (including phenoxy) is 1. The monoisotopic (exact) mass is 376 g/mol. The molecule has 2 heterocycles. The Morgan fingerprint density at radius 1 is 1.38 bits per heavy atom. The first kappa shape index (κ1) is 16.8. The molecule has 0 saturated carbocycles. The minimum atomic E-state index is -2.72. The van der Waals surface area contributed by atoms with Crippen LogP contribution < -0.4 is 0 Å². The highest BCUT2D eigenvalue weighted by Gasteiger charge is 2.32. The number of halogens is 2. The van der Waals surface area contributed by atoms with E-state index >= 15 is 0 Å². The first-order valence-electron chi connectivity index (χ1n) is 7.98. The lowest BCUT2D eigenvalue weighted by molar-refractivity contribution is -0.124. The molecule has 8 heteroatoms. The first-order valence-corrected chi connectivity index (χ1v) is 8.79. The zero-order valence-electron chi connectivity index (χ0n) is 13.7. The second kappa shape index (κ2) is 6.28. The number of aryl methyl sites for hydroxylation is 1. The average Bonchev–Trinajstić information content (AvgIpc) is 3.14. The number of carbonyl (C=O) groups is 2. The van der Waals surface area contributed by atoms with Crippen LogP contribution in [0.3, 0.4) is 0 Å². The number of Topliss-reactive ketones (excluding diaryl/α,β-unsaturated/α-hetero) is 1. The summed E-state index contributed by atoms with van der Waals surface area (Å²) < 4.78 is 32.4. The number of hydrogen-bond donors (Lipinski definition) is 0. The number of esters is 1. The van der Waals surface area contributed by atoms with E-state index in [1.807, 2.05) is 24.3 Å². The number of benzene rings is 1. The van der Waals surface area contributed by atoms with E-state index < -0.39 is 12.4 Å². The van der Waals surface area contributed by atoms with E-state index in [-0.39, 0.29) is 34.3 Å². The van der Waals surface area contributed by atoms with E-state index in [1.165, 1.54) is 17.8 Å². The molecule has 0 N–H and O–H groups in total. The summed E-state index contributed by atoms with van der Waals surface area (Å²) in [5.41, 5.74) is 1.75. The highest BCUT2D eigenvalue weighted by Crippen LogP contribution is 2.36. The molecule has 0 amide bonds. The number of fused-ring (bicyclic) bond motifs is 2. The van der Waals surface area contributed by atoms with Gasteiger partial charge in [0.1, 0.15) is 15.4 Å². The molecule has 1 unspecified atom stereocenters. The van der Waals surface area contributed by atoms with Crippen LogP contribution in [0.5, 0.6) is 0 Å². The minimum absolute atomic E-state index is 0.159. The van der Waals surface area contributed by atoms with Crippen LogP contribution >= 0.6 is 11.3 Å². The molecule has 1 atom stereocenters. The van der Waals surface area contributed by atoms with Crippen molar-refractivity contribution < 1.29 is 23.1 Å². The lowest BCUT2D eigenvalue weighted by Gasteiger charge is -2.28. The summed E-state index contributed by atoms with van der Waals surface area (Å²) in [6.45, 7) is -0.327. The smallest absolute Gasteiger partial charge is 0.348 e. The summed E-state index contributed by atoms with van der Waals surface area (Å²) >= 11 is 1.02. The molecular weight excluding hydrogens is 362 g/mol. The van der Waals surface area contributed by atoms with Crippen LogP contribution in [0.2, 0.25) is 0 Å². The van der Waals surface area contributed by atoms with Crippen molar-refractivity contribution in [2.24, 2.45) is 7.05 Å². The van der Waals surface area contributed by atoms with Gasteiger partial charge in [-0.3, -0.25) is 9.48 Å². The molecule has 0 spiro atoms. The van der Waals surface area contributed by atoms with E-state index in [0.717, 1.165) is 22.5 Å². The van der Waals surface area contributed by atoms with Crippen LogP contribution in [0.25, 0.3) is 10.2 Å². The fraction of sp³-hybridized carbons (Fsp3) is 0.278. The summed E-state index contributed by atoms with van der Waals surface area (Å²) in [5, 5.41) is 3.99. The van der Waals surface area contributed by atoms with Gasteiger partial charge in [0.25, 0.3) is 6.43 Å². The van der Waals surface area contributed by atoms with Gasteiger partial charge >= 0.3 is 5.97 Å². The van der Waals surface area contributed by atoms with Crippen molar-refractivity contribution in [1.29, 1.82) is 0 Å². The van der Waals surface area contributed by atoms with Gasteiger partial charge in [0.2, 0.25) is 0 Å². The van der Waals surface area contributed by atoms with E-state index in [9.17, 15) is 18.4 Å². The van der Waals surface area contributed by atoms with Crippen molar-refractivity contribution in [2.75, 3.05) is 6.61 Å². The molecule has 0 aliphatic heterocycles. The van der Waals surface area contributed by atoms with Gasteiger partial charge in [-0.25, -0.2) is 13.6 Å². The Morgan fingerprint density at radius 3 is 2.88 bits per heavy atom.